The zero-order valence-corrected chi connectivity index (χ0v) is 11.4. The smallest absolute Gasteiger partial charge is 0.207 e. The van der Waals surface area contributed by atoms with Crippen LogP contribution in [0.25, 0.3) is 0 Å². The molecule has 0 saturated carbocycles. The van der Waals surface area contributed by atoms with Crippen molar-refractivity contribution in [3.8, 4) is 12.3 Å². The van der Waals surface area contributed by atoms with Crippen LogP contribution in [0.3, 0.4) is 0 Å². The monoisotopic (exact) mass is 263 g/mol. The maximum absolute atomic E-state index is 12.4. The van der Waals surface area contributed by atoms with E-state index in [1.165, 1.54) is 4.31 Å². The van der Waals surface area contributed by atoms with Gasteiger partial charge in [0.15, 0.2) is 0 Å². The molecule has 0 spiro atoms. The lowest BCUT2D eigenvalue weighted by Crippen LogP contribution is -2.37. The van der Waals surface area contributed by atoms with Gasteiger partial charge in [0.2, 0.25) is 10.0 Å². The molecule has 1 rings (SSSR count). The maximum Gasteiger partial charge on any atom is 0.244 e. The number of hydrogen-bond acceptors (Lipinski definition) is 2. The summed E-state index contributed by atoms with van der Waals surface area (Å²) < 4.78 is 26.1. The molecular formula is C14H17NO2S. The van der Waals surface area contributed by atoms with Crippen LogP contribution in [0.5, 0.6) is 0 Å². The number of benzene rings is 1. The van der Waals surface area contributed by atoms with E-state index in [1.54, 1.807) is 37.3 Å². The molecule has 0 heterocycles. The molecule has 1 unspecified atom stereocenters. The minimum Gasteiger partial charge on any atom is -0.207 e. The lowest BCUT2D eigenvalue weighted by molar-refractivity contribution is 0.412. The first-order chi connectivity index (χ1) is 8.43. The Kier molecular flexibility index (Phi) is 4.71. The molecule has 96 valence electrons. The number of terminal acetylenes is 1. The normalized spacial score (nSPS) is 13.0. The van der Waals surface area contributed by atoms with E-state index in [-0.39, 0.29) is 17.5 Å². The molecule has 1 aromatic carbocycles. The zero-order valence-electron chi connectivity index (χ0n) is 10.6. The van der Waals surface area contributed by atoms with Gasteiger partial charge in [0.1, 0.15) is 0 Å². The van der Waals surface area contributed by atoms with Crippen molar-refractivity contribution in [3.05, 3.63) is 42.5 Å². The minimum absolute atomic E-state index is 0.0311. The molecule has 1 aromatic rings. The SMILES string of the molecule is C#CCN(C(C)C=C)S(=O)(=O)c1ccc(C)cc1. The number of sulfonamides is 1. The third-order valence-electron chi connectivity index (χ3n) is 2.67. The molecule has 0 saturated heterocycles. The van der Waals surface area contributed by atoms with Crippen molar-refractivity contribution in [3.63, 3.8) is 0 Å². The fraction of sp³-hybridized carbons (Fsp3) is 0.286. The Labute approximate surface area is 109 Å². The number of nitrogens with zero attached hydrogens (tertiary/aromatic N) is 1. The van der Waals surface area contributed by atoms with Crippen LogP contribution in [-0.2, 0) is 10.0 Å². The first-order valence-corrected chi connectivity index (χ1v) is 7.02. The molecule has 18 heavy (non-hydrogen) atoms. The van der Waals surface area contributed by atoms with Gasteiger partial charge in [-0.1, -0.05) is 29.7 Å². The van der Waals surface area contributed by atoms with Crippen molar-refractivity contribution in [2.24, 2.45) is 0 Å². The van der Waals surface area contributed by atoms with E-state index < -0.39 is 10.0 Å². The number of aryl methyl sites for hydroxylation is 1. The average molecular weight is 263 g/mol. The second-order valence-corrected chi connectivity index (χ2v) is 5.93. The van der Waals surface area contributed by atoms with Crippen LogP contribution >= 0.6 is 0 Å². The summed E-state index contributed by atoms with van der Waals surface area (Å²) in [5.74, 6) is 2.37. The average Bonchev–Trinajstić information content (AvgIpc) is 2.35. The van der Waals surface area contributed by atoms with E-state index in [0.717, 1.165) is 5.56 Å². The van der Waals surface area contributed by atoms with Gasteiger partial charge in [-0.25, -0.2) is 8.42 Å². The molecule has 4 heteroatoms. The highest BCUT2D eigenvalue weighted by Gasteiger charge is 2.26. The first-order valence-electron chi connectivity index (χ1n) is 5.58. The summed E-state index contributed by atoms with van der Waals surface area (Å²) >= 11 is 0. The van der Waals surface area contributed by atoms with Crippen molar-refractivity contribution in [2.75, 3.05) is 6.54 Å². The van der Waals surface area contributed by atoms with Crippen LogP contribution in [0.2, 0.25) is 0 Å². The van der Waals surface area contributed by atoms with E-state index in [2.05, 4.69) is 12.5 Å². The summed E-state index contributed by atoms with van der Waals surface area (Å²) in [7, 11) is -3.57. The van der Waals surface area contributed by atoms with Gasteiger partial charge in [0, 0.05) is 6.04 Å². The van der Waals surface area contributed by atoms with E-state index in [9.17, 15) is 8.42 Å². The highest BCUT2D eigenvalue weighted by Crippen LogP contribution is 2.18. The standard InChI is InChI=1S/C14H17NO2S/c1-5-11-15(13(4)6-2)18(16,17)14-9-7-12(3)8-10-14/h1,6-10,13H,2,11H2,3-4H3. The Hall–Kier alpha value is -1.57. The van der Waals surface area contributed by atoms with Crippen LogP contribution in [0.4, 0.5) is 0 Å². The molecule has 0 radical (unpaired) electrons. The summed E-state index contributed by atoms with van der Waals surface area (Å²) in [5, 5.41) is 0. The summed E-state index contributed by atoms with van der Waals surface area (Å²) in [6.07, 6.45) is 6.79. The molecule has 0 fully saturated rings. The third-order valence-corrected chi connectivity index (χ3v) is 4.62. The van der Waals surface area contributed by atoms with Gasteiger partial charge in [-0.05, 0) is 26.0 Å². The summed E-state index contributed by atoms with van der Waals surface area (Å²) in [5.41, 5.74) is 1.01. The van der Waals surface area contributed by atoms with Gasteiger partial charge >= 0.3 is 0 Å². The van der Waals surface area contributed by atoms with Gasteiger partial charge in [-0.15, -0.1) is 13.0 Å². The van der Waals surface area contributed by atoms with Crippen molar-refractivity contribution >= 4 is 10.0 Å². The Balaban J connectivity index is 3.21. The predicted molar refractivity (Wildman–Crippen MR) is 73.6 cm³/mol. The molecule has 0 N–H and O–H groups in total. The largest absolute Gasteiger partial charge is 0.244 e. The topological polar surface area (TPSA) is 37.4 Å². The van der Waals surface area contributed by atoms with E-state index in [4.69, 9.17) is 6.42 Å². The Morgan fingerprint density at radius 1 is 1.44 bits per heavy atom. The lowest BCUT2D eigenvalue weighted by Gasteiger charge is -2.24. The number of hydrogen-bond donors (Lipinski definition) is 0. The minimum atomic E-state index is -3.57. The summed E-state index contributed by atoms with van der Waals surface area (Å²) in [4.78, 5) is 0.247. The van der Waals surface area contributed by atoms with Crippen LogP contribution in [0.1, 0.15) is 12.5 Å². The molecule has 0 aliphatic rings. The second kappa shape index (κ2) is 5.85. The molecule has 1 atom stereocenters. The predicted octanol–water partition coefficient (Wildman–Crippen LogP) is 2.19. The van der Waals surface area contributed by atoms with E-state index >= 15 is 0 Å². The van der Waals surface area contributed by atoms with Crippen molar-refractivity contribution in [1.29, 1.82) is 0 Å². The van der Waals surface area contributed by atoms with Crippen molar-refractivity contribution in [1.82, 2.24) is 4.31 Å². The highest BCUT2D eigenvalue weighted by atomic mass is 32.2. The third kappa shape index (κ3) is 3.00. The van der Waals surface area contributed by atoms with Crippen LogP contribution < -0.4 is 0 Å². The highest BCUT2D eigenvalue weighted by molar-refractivity contribution is 7.89. The van der Waals surface area contributed by atoms with E-state index in [1.807, 2.05) is 6.92 Å². The van der Waals surface area contributed by atoms with Crippen LogP contribution in [-0.4, -0.2) is 25.3 Å². The quantitative estimate of drug-likeness (QED) is 0.603. The molecule has 0 aromatic heterocycles. The molecule has 0 amide bonds. The maximum atomic E-state index is 12.4. The van der Waals surface area contributed by atoms with Gasteiger partial charge < -0.3 is 0 Å². The van der Waals surface area contributed by atoms with Crippen LogP contribution in [0, 0.1) is 19.3 Å². The van der Waals surface area contributed by atoms with Crippen LogP contribution in [0.15, 0.2) is 41.8 Å². The Morgan fingerprint density at radius 2 is 2.00 bits per heavy atom. The second-order valence-electron chi connectivity index (χ2n) is 4.04. The fourth-order valence-electron chi connectivity index (χ4n) is 1.50. The Morgan fingerprint density at radius 3 is 2.44 bits per heavy atom. The Bertz CT molecular complexity index is 552. The summed E-state index contributed by atoms with van der Waals surface area (Å²) in [6.45, 7) is 7.29. The molecule has 3 nitrogen and oxygen atoms in total. The van der Waals surface area contributed by atoms with Gasteiger partial charge in [-0.2, -0.15) is 4.31 Å². The zero-order chi connectivity index (χ0) is 13.8. The molecule has 0 aliphatic carbocycles. The van der Waals surface area contributed by atoms with E-state index in [0.29, 0.717) is 0 Å². The first kappa shape index (κ1) is 14.5. The molecule has 0 bridgehead atoms. The van der Waals surface area contributed by atoms with Gasteiger partial charge in [-0.3, -0.25) is 0 Å². The van der Waals surface area contributed by atoms with Gasteiger partial charge in [0.25, 0.3) is 0 Å². The van der Waals surface area contributed by atoms with Crippen molar-refractivity contribution in [2.45, 2.75) is 24.8 Å². The number of rotatable bonds is 5. The fourth-order valence-corrected chi connectivity index (χ4v) is 3.02. The van der Waals surface area contributed by atoms with Crippen molar-refractivity contribution < 1.29 is 8.42 Å². The molecular weight excluding hydrogens is 246 g/mol. The lowest BCUT2D eigenvalue weighted by atomic mass is 10.2. The van der Waals surface area contributed by atoms with Gasteiger partial charge in [0.05, 0.1) is 11.4 Å². The summed E-state index contributed by atoms with van der Waals surface area (Å²) in [6, 6.07) is 6.36. The molecule has 0 aliphatic heterocycles.